The summed E-state index contributed by atoms with van der Waals surface area (Å²) >= 11 is 3.46. The van der Waals surface area contributed by atoms with Crippen LogP contribution in [0, 0.1) is 0 Å². The number of rotatable bonds is 15. The summed E-state index contributed by atoms with van der Waals surface area (Å²) in [7, 11) is 1.58. The Kier molecular flexibility index (Phi) is 10.4. The lowest BCUT2D eigenvalue weighted by Crippen LogP contribution is -2.27. The predicted octanol–water partition coefficient (Wildman–Crippen LogP) is 0.979. The first-order chi connectivity index (χ1) is 17.4. The average molecular weight is 567 g/mol. The van der Waals surface area contributed by atoms with Crippen molar-refractivity contribution in [2.24, 2.45) is 0 Å². The smallest absolute Gasteiger partial charge is 0.329 e. The van der Waals surface area contributed by atoms with Crippen molar-refractivity contribution in [3.05, 3.63) is 40.1 Å². The highest BCUT2D eigenvalue weighted by molar-refractivity contribution is 9.10. The van der Waals surface area contributed by atoms with Gasteiger partial charge in [0.25, 0.3) is 0 Å². The minimum atomic E-state index is -1.05. The van der Waals surface area contributed by atoms with Crippen molar-refractivity contribution in [1.82, 2.24) is 24.8 Å². The van der Waals surface area contributed by atoms with Gasteiger partial charge in [-0.2, -0.15) is 9.97 Å². The van der Waals surface area contributed by atoms with E-state index >= 15 is 0 Å². The van der Waals surface area contributed by atoms with Crippen LogP contribution in [-0.4, -0.2) is 83.3 Å². The molecule has 0 aliphatic heterocycles. The van der Waals surface area contributed by atoms with Gasteiger partial charge in [-0.1, -0.05) is 24.3 Å². The van der Waals surface area contributed by atoms with Crippen LogP contribution < -0.4 is 15.8 Å². The molecule has 1 amide bonds. The van der Waals surface area contributed by atoms with E-state index in [1.54, 1.807) is 7.11 Å². The van der Waals surface area contributed by atoms with E-state index in [-0.39, 0.29) is 37.6 Å². The summed E-state index contributed by atoms with van der Waals surface area (Å²) in [6, 6.07) is 7.85. The summed E-state index contributed by atoms with van der Waals surface area (Å²) in [4.78, 5) is 35.3. The summed E-state index contributed by atoms with van der Waals surface area (Å²) in [6.45, 7) is 1.19. The van der Waals surface area contributed by atoms with Crippen LogP contribution in [0.2, 0.25) is 0 Å². The lowest BCUT2D eigenvalue weighted by Gasteiger charge is -2.09. The molecule has 0 radical (unpaired) electrons. The van der Waals surface area contributed by atoms with Crippen LogP contribution in [0.1, 0.15) is 11.1 Å². The van der Waals surface area contributed by atoms with Crippen molar-refractivity contribution in [3.8, 4) is 6.01 Å². The number of nitrogens with zero attached hydrogens (tertiary/aromatic N) is 4. The summed E-state index contributed by atoms with van der Waals surface area (Å²) in [5.41, 5.74) is 8.94. The molecule has 14 heteroatoms. The Balaban J connectivity index is 1.53. The Morgan fingerprint density at radius 3 is 2.42 bits per heavy atom. The minimum Gasteiger partial charge on any atom is -0.480 e. The first-order valence-corrected chi connectivity index (χ1v) is 11.7. The van der Waals surface area contributed by atoms with Crippen molar-refractivity contribution in [1.29, 1.82) is 0 Å². The molecule has 0 spiro atoms. The molecule has 4 N–H and O–H groups in total. The van der Waals surface area contributed by atoms with Crippen LogP contribution in [0.25, 0.3) is 11.2 Å². The summed E-state index contributed by atoms with van der Waals surface area (Å²) in [6.07, 6.45) is 0. The zero-order valence-corrected chi connectivity index (χ0v) is 21.2. The Bertz CT molecular complexity index is 1170. The quantitative estimate of drug-likeness (QED) is 0.177. The number of nitrogens with two attached hydrogens (primary N) is 1. The summed E-state index contributed by atoms with van der Waals surface area (Å²) in [5, 5.41) is 11.2. The molecule has 194 valence electrons. The van der Waals surface area contributed by atoms with Gasteiger partial charge in [-0.3, -0.25) is 9.36 Å². The maximum absolute atomic E-state index is 11.9. The molecule has 0 atom stereocenters. The van der Waals surface area contributed by atoms with Gasteiger partial charge in [0.2, 0.25) is 5.91 Å². The fourth-order valence-electron chi connectivity index (χ4n) is 3.03. The third-order valence-electron chi connectivity index (χ3n) is 4.76. The normalized spacial score (nSPS) is 11.1. The largest absolute Gasteiger partial charge is 0.480 e. The average Bonchev–Trinajstić information content (AvgIpc) is 3.16. The summed E-state index contributed by atoms with van der Waals surface area (Å²) in [5.74, 6) is -1.12. The number of imidazole rings is 1. The minimum absolute atomic E-state index is 0.101. The number of aromatic nitrogens is 4. The number of hydrogen-bond donors (Lipinski definition) is 3. The Morgan fingerprint density at radius 2 is 1.72 bits per heavy atom. The molecule has 2 aromatic heterocycles. The number of carboxylic acids is 1. The second-order valence-electron chi connectivity index (χ2n) is 7.46. The number of amides is 1. The van der Waals surface area contributed by atoms with Crippen molar-refractivity contribution in [2.45, 2.75) is 13.1 Å². The van der Waals surface area contributed by atoms with E-state index in [0.29, 0.717) is 42.2 Å². The number of carbonyl (C=O) groups is 2. The Hall–Kier alpha value is -3.33. The number of hydrogen-bond acceptors (Lipinski definition) is 10. The lowest BCUT2D eigenvalue weighted by atomic mass is 10.1. The number of carbonyl (C=O) groups excluding carboxylic acids is 1. The molecule has 0 saturated heterocycles. The number of ether oxygens (including phenoxy) is 4. The van der Waals surface area contributed by atoms with Crippen LogP contribution in [0.4, 0.5) is 5.82 Å². The van der Waals surface area contributed by atoms with Crippen LogP contribution in [0.5, 0.6) is 6.01 Å². The van der Waals surface area contributed by atoms with Crippen LogP contribution >= 0.6 is 15.9 Å². The number of nitrogen functional groups attached to an aromatic ring is 1. The number of anilines is 1. The second-order valence-corrected chi connectivity index (χ2v) is 8.17. The van der Waals surface area contributed by atoms with Crippen LogP contribution in [0.15, 0.2) is 29.0 Å². The van der Waals surface area contributed by atoms with E-state index in [2.05, 4.69) is 36.2 Å². The number of carboxylic acid groups (broad SMARTS) is 1. The second kappa shape index (κ2) is 13.7. The van der Waals surface area contributed by atoms with E-state index < -0.39 is 12.6 Å². The Morgan fingerprint density at radius 1 is 1.03 bits per heavy atom. The SMILES string of the molecule is COCCOc1nc(N)c2nc(Br)n(Cc3ccc(CNC(=O)COCCOCC(=O)O)cc3)c2n1. The molecule has 3 aromatic rings. The summed E-state index contributed by atoms with van der Waals surface area (Å²) < 4.78 is 22.9. The maximum Gasteiger partial charge on any atom is 0.329 e. The molecule has 2 heterocycles. The molecule has 1 aromatic carbocycles. The molecular weight excluding hydrogens is 540 g/mol. The van der Waals surface area contributed by atoms with Gasteiger partial charge in [0, 0.05) is 13.7 Å². The van der Waals surface area contributed by atoms with Crippen molar-refractivity contribution >= 4 is 44.8 Å². The van der Waals surface area contributed by atoms with Crippen LogP contribution in [0.3, 0.4) is 0 Å². The van der Waals surface area contributed by atoms with Crippen molar-refractivity contribution in [3.63, 3.8) is 0 Å². The van der Waals surface area contributed by atoms with Gasteiger partial charge >= 0.3 is 12.0 Å². The predicted molar refractivity (Wildman–Crippen MR) is 131 cm³/mol. The fourth-order valence-corrected chi connectivity index (χ4v) is 3.51. The number of halogens is 1. The number of fused-ring (bicyclic) bond motifs is 1. The highest BCUT2D eigenvalue weighted by Gasteiger charge is 2.16. The van der Waals surface area contributed by atoms with Gasteiger partial charge in [0.15, 0.2) is 21.7 Å². The van der Waals surface area contributed by atoms with Gasteiger partial charge in [-0.15, -0.1) is 0 Å². The zero-order chi connectivity index (χ0) is 25.9. The standard InChI is InChI=1S/C22H27BrN6O7/c1-33-6-9-36-22-27-19(24)18-20(28-22)29(21(23)26-18)11-15-4-2-14(3-5-15)10-25-16(30)12-34-7-8-35-13-17(31)32/h2-5H,6-13H2,1H3,(H,25,30)(H,31,32)(H2,24,27,28). The van der Waals surface area contributed by atoms with Gasteiger partial charge in [-0.05, 0) is 27.1 Å². The fraction of sp³-hybridized carbons (Fsp3) is 0.409. The van der Waals surface area contributed by atoms with E-state index in [1.807, 2.05) is 28.8 Å². The maximum atomic E-state index is 11.9. The number of methoxy groups -OCH3 is 1. The molecule has 0 unspecified atom stereocenters. The van der Waals surface area contributed by atoms with E-state index in [4.69, 9.17) is 29.8 Å². The molecule has 3 rings (SSSR count). The first kappa shape index (κ1) is 27.3. The first-order valence-electron chi connectivity index (χ1n) is 10.9. The Labute approximate surface area is 215 Å². The number of nitrogens with one attached hydrogen (secondary N) is 1. The van der Waals surface area contributed by atoms with E-state index in [1.165, 1.54) is 0 Å². The van der Waals surface area contributed by atoms with Crippen LogP contribution in [-0.2, 0) is 36.9 Å². The van der Waals surface area contributed by atoms with E-state index in [0.717, 1.165) is 11.1 Å². The molecular formula is C22H27BrN6O7. The molecule has 0 saturated carbocycles. The van der Waals surface area contributed by atoms with Gasteiger partial charge in [0.05, 0.1) is 26.4 Å². The highest BCUT2D eigenvalue weighted by atomic mass is 79.9. The third-order valence-corrected chi connectivity index (χ3v) is 5.36. The van der Waals surface area contributed by atoms with Gasteiger partial charge in [-0.25, -0.2) is 9.78 Å². The van der Waals surface area contributed by atoms with Crippen molar-refractivity contribution < 1.29 is 33.6 Å². The topological polar surface area (TPSA) is 173 Å². The zero-order valence-electron chi connectivity index (χ0n) is 19.6. The van der Waals surface area contributed by atoms with Crippen molar-refractivity contribution in [2.75, 3.05) is 52.5 Å². The number of aliphatic carboxylic acids is 1. The van der Waals surface area contributed by atoms with Gasteiger partial charge < -0.3 is 35.1 Å². The molecule has 0 aliphatic rings. The molecule has 0 aliphatic carbocycles. The highest BCUT2D eigenvalue weighted by Crippen LogP contribution is 2.25. The van der Waals surface area contributed by atoms with E-state index in [9.17, 15) is 9.59 Å². The molecule has 36 heavy (non-hydrogen) atoms. The molecule has 13 nitrogen and oxygen atoms in total. The monoisotopic (exact) mass is 566 g/mol. The third kappa shape index (κ3) is 8.12. The lowest BCUT2D eigenvalue weighted by molar-refractivity contribution is -0.143. The molecule has 0 bridgehead atoms. The van der Waals surface area contributed by atoms with Gasteiger partial charge in [0.1, 0.15) is 19.8 Å². The molecule has 0 fully saturated rings. The number of benzene rings is 1.